The van der Waals surface area contributed by atoms with Crippen LogP contribution in [0.15, 0.2) is 12.1 Å². The Morgan fingerprint density at radius 2 is 2.08 bits per heavy atom. The van der Waals surface area contributed by atoms with Gasteiger partial charge in [-0.1, -0.05) is 19.9 Å². The second-order valence-corrected chi connectivity index (χ2v) is 6.75. The molecule has 1 aromatic heterocycles. The summed E-state index contributed by atoms with van der Waals surface area (Å²) in [6, 6.07) is 2.64. The molecule has 140 valence electrons. The van der Waals surface area contributed by atoms with Gasteiger partial charge in [0.25, 0.3) is 5.91 Å². The van der Waals surface area contributed by atoms with Crippen molar-refractivity contribution in [1.29, 1.82) is 0 Å². The summed E-state index contributed by atoms with van der Waals surface area (Å²) in [6.07, 6.45) is -2.15. The molecule has 1 heterocycles. The third-order valence-corrected chi connectivity index (χ3v) is 3.82. The molecule has 2 N–H and O–H groups in total. The van der Waals surface area contributed by atoms with Crippen LogP contribution in [0.2, 0.25) is 0 Å². The number of nitrogens with one attached hydrogen (secondary N) is 1. The van der Waals surface area contributed by atoms with Crippen LogP contribution in [0.1, 0.15) is 55.1 Å². The topological polar surface area (TPSA) is 71.5 Å². The smallest absolute Gasteiger partial charge is 0.422 e. The van der Waals surface area contributed by atoms with Gasteiger partial charge in [-0.2, -0.15) is 13.2 Å². The molecule has 0 unspecified atom stereocenters. The molecule has 1 aromatic rings. The van der Waals surface area contributed by atoms with Gasteiger partial charge in [-0.15, -0.1) is 0 Å². The average molecular weight is 360 g/mol. The Kier molecular flexibility index (Phi) is 6.26. The van der Waals surface area contributed by atoms with E-state index >= 15 is 0 Å². The van der Waals surface area contributed by atoms with Crippen molar-refractivity contribution in [3.63, 3.8) is 0 Å². The summed E-state index contributed by atoms with van der Waals surface area (Å²) in [5, 5.41) is 12.0. The van der Waals surface area contributed by atoms with Crippen molar-refractivity contribution >= 4 is 5.91 Å². The Morgan fingerprint density at radius 1 is 1.40 bits per heavy atom. The molecule has 1 aliphatic rings. The van der Waals surface area contributed by atoms with Gasteiger partial charge in [0.05, 0.1) is 12.6 Å². The molecule has 0 spiro atoms. The zero-order valence-electron chi connectivity index (χ0n) is 14.3. The lowest BCUT2D eigenvalue weighted by molar-refractivity contribution is -0.154. The fraction of sp³-hybridized carbons (Fsp3) is 0.647. The van der Waals surface area contributed by atoms with Crippen molar-refractivity contribution in [3.05, 3.63) is 23.4 Å². The summed E-state index contributed by atoms with van der Waals surface area (Å²) < 4.78 is 42.1. The van der Waals surface area contributed by atoms with Crippen molar-refractivity contribution in [3.8, 4) is 5.88 Å². The largest absolute Gasteiger partial charge is 0.468 e. The number of nitrogens with zero attached hydrogens (tertiary/aromatic N) is 1. The lowest BCUT2D eigenvalue weighted by Gasteiger charge is -2.18. The van der Waals surface area contributed by atoms with E-state index in [1.807, 2.05) is 13.8 Å². The molecule has 0 aromatic carbocycles. The quantitative estimate of drug-likeness (QED) is 0.748. The van der Waals surface area contributed by atoms with E-state index in [4.69, 9.17) is 4.74 Å². The minimum absolute atomic E-state index is 0.0243. The van der Waals surface area contributed by atoms with E-state index in [-0.39, 0.29) is 30.0 Å². The van der Waals surface area contributed by atoms with Crippen molar-refractivity contribution in [2.45, 2.75) is 51.2 Å². The van der Waals surface area contributed by atoms with E-state index in [9.17, 15) is 23.1 Å². The number of carbonyl (C=O) groups is 1. The highest BCUT2D eigenvalue weighted by Gasteiger charge is 2.32. The van der Waals surface area contributed by atoms with E-state index in [1.165, 1.54) is 6.07 Å². The number of halogens is 3. The second kappa shape index (κ2) is 8.03. The first-order valence-electron chi connectivity index (χ1n) is 8.31. The lowest BCUT2D eigenvalue weighted by atomic mass is 10.0. The Hall–Kier alpha value is -1.83. The highest BCUT2D eigenvalue weighted by atomic mass is 19.4. The molecule has 8 heteroatoms. The molecule has 1 atom stereocenters. The van der Waals surface area contributed by atoms with Crippen molar-refractivity contribution in [2.75, 3.05) is 13.2 Å². The number of amides is 1. The zero-order valence-corrected chi connectivity index (χ0v) is 14.3. The molecular formula is C17H23F3N2O3. The minimum Gasteiger partial charge on any atom is -0.468 e. The molecule has 0 aliphatic heterocycles. The van der Waals surface area contributed by atoms with Crippen LogP contribution in [0.4, 0.5) is 13.2 Å². The first-order valence-corrected chi connectivity index (χ1v) is 8.31. The maximum atomic E-state index is 12.4. The molecule has 1 amide bonds. The van der Waals surface area contributed by atoms with Crippen LogP contribution in [0.5, 0.6) is 5.88 Å². The molecule has 5 nitrogen and oxygen atoms in total. The third-order valence-electron chi connectivity index (χ3n) is 3.82. The van der Waals surface area contributed by atoms with Crippen LogP contribution in [-0.4, -0.2) is 41.4 Å². The van der Waals surface area contributed by atoms with Crippen LogP contribution in [0.25, 0.3) is 0 Å². The highest BCUT2D eigenvalue weighted by molar-refractivity contribution is 5.92. The first-order chi connectivity index (χ1) is 11.7. The molecule has 0 radical (unpaired) electrons. The van der Waals surface area contributed by atoms with Crippen LogP contribution in [0.3, 0.4) is 0 Å². The third kappa shape index (κ3) is 6.19. The summed E-state index contributed by atoms with van der Waals surface area (Å²) in [5.41, 5.74) is 0.575. The number of alkyl halides is 3. The summed E-state index contributed by atoms with van der Waals surface area (Å²) in [5.74, 6) is -0.275. The number of pyridine rings is 1. The van der Waals surface area contributed by atoms with Gasteiger partial charge in [-0.05, 0) is 37.2 Å². The Bertz CT molecular complexity index is 601. The molecule has 2 rings (SSSR count). The summed E-state index contributed by atoms with van der Waals surface area (Å²) in [6.45, 7) is 2.25. The number of rotatable bonds is 8. The normalized spacial score (nSPS) is 16.0. The number of carbonyl (C=O) groups excluding carboxylic acids is 1. The highest BCUT2D eigenvalue weighted by Crippen LogP contribution is 2.43. The van der Waals surface area contributed by atoms with Crippen LogP contribution in [0, 0.1) is 5.92 Å². The van der Waals surface area contributed by atoms with Gasteiger partial charge in [-0.3, -0.25) is 4.79 Å². The average Bonchev–Trinajstić information content (AvgIpc) is 3.35. The molecule has 25 heavy (non-hydrogen) atoms. The van der Waals surface area contributed by atoms with E-state index in [0.29, 0.717) is 12.0 Å². The summed E-state index contributed by atoms with van der Waals surface area (Å²) in [4.78, 5) is 16.3. The van der Waals surface area contributed by atoms with Gasteiger partial charge < -0.3 is 15.2 Å². The fourth-order valence-corrected chi connectivity index (χ4v) is 2.56. The van der Waals surface area contributed by atoms with Gasteiger partial charge in [0.15, 0.2) is 6.61 Å². The molecule has 1 saturated carbocycles. The first kappa shape index (κ1) is 19.5. The number of hydrogen-bond donors (Lipinski definition) is 2. The van der Waals surface area contributed by atoms with Gasteiger partial charge in [0.1, 0.15) is 5.69 Å². The molecule has 1 fully saturated rings. The van der Waals surface area contributed by atoms with Crippen LogP contribution < -0.4 is 10.1 Å². The predicted octanol–water partition coefficient (Wildman–Crippen LogP) is 3.04. The van der Waals surface area contributed by atoms with E-state index in [0.717, 1.165) is 12.8 Å². The molecule has 1 aliphatic carbocycles. The summed E-state index contributed by atoms with van der Waals surface area (Å²) in [7, 11) is 0. The fourth-order valence-electron chi connectivity index (χ4n) is 2.56. The Labute approximate surface area is 144 Å². The molecular weight excluding hydrogens is 337 g/mol. The molecule has 0 bridgehead atoms. The van der Waals surface area contributed by atoms with Crippen molar-refractivity contribution in [1.82, 2.24) is 10.3 Å². The van der Waals surface area contributed by atoms with E-state index < -0.39 is 24.7 Å². The van der Waals surface area contributed by atoms with E-state index in [2.05, 4.69) is 10.3 Å². The van der Waals surface area contributed by atoms with E-state index in [1.54, 1.807) is 6.07 Å². The number of aliphatic hydroxyl groups is 1. The van der Waals surface area contributed by atoms with Crippen LogP contribution >= 0.6 is 0 Å². The Morgan fingerprint density at radius 3 is 2.60 bits per heavy atom. The maximum absolute atomic E-state index is 12.4. The summed E-state index contributed by atoms with van der Waals surface area (Å²) >= 11 is 0. The van der Waals surface area contributed by atoms with Gasteiger partial charge in [0.2, 0.25) is 5.88 Å². The van der Waals surface area contributed by atoms with Crippen molar-refractivity contribution < 1.29 is 27.8 Å². The standard InChI is InChI=1S/C17H23F3N2O3/c1-10(2)7-12(8-23)21-15(24)14-6-5-13(11-3-4-11)16(22-14)25-9-17(18,19)20/h5-6,10-12,23H,3-4,7-9H2,1-2H3,(H,21,24)/t12-/m0/s1. The van der Waals surface area contributed by atoms with Crippen molar-refractivity contribution in [2.24, 2.45) is 5.92 Å². The SMILES string of the molecule is CC(C)C[C@@H](CO)NC(=O)c1ccc(C2CC2)c(OCC(F)(F)F)n1. The number of hydrogen-bond acceptors (Lipinski definition) is 4. The lowest BCUT2D eigenvalue weighted by Crippen LogP contribution is -2.38. The zero-order chi connectivity index (χ0) is 18.6. The van der Waals surface area contributed by atoms with Gasteiger partial charge >= 0.3 is 6.18 Å². The monoisotopic (exact) mass is 360 g/mol. The molecule has 0 saturated heterocycles. The second-order valence-electron chi connectivity index (χ2n) is 6.75. The minimum atomic E-state index is -4.47. The number of ether oxygens (including phenoxy) is 1. The van der Waals surface area contributed by atoms with Gasteiger partial charge in [0, 0.05) is 5.56 Å². The maximum Gasteiger partial charge on any atom is 0.422 e. The Balaban J connectivity index is 2.13. The number of aliphatic hydroxyl groups excluding tert-OH is 1. The predicted molar refractivity (Wildman–Crippen MR) is 85.6 cm³/mol. The van der Waals surface area contributed by atoms with Gasteiger partial charge in [-0.25, -0.2) is 4.98 Å². The van der Waals surface area contributed by atoms with Crippen LogP contribution in [-0.2, 0) is 0 Å². The number of aromatic nitrogens is 1.